The van der Waals surface area contributed by atoms with Crippen molar-refractivity contribution in [3.05, 3.63) is 88.5 Å². The molecule has 3 fully saturated rings. The molecule has 4 amide bonds. The van der Waals surface area contributed by atoms with Crippen LogP contribution in [0.3, 0.4) is 0 Å². The number of halogens is 1. The van der Waals surface area contributed by atoms with E-state index in [1.807, 2.05) is 49.6 Å². The quantitative estimate of drug-likeness (QED) is 0.102. The Hall–Kier alpha value is -5.83. The van der Waals surface area contributed by atoms with E-state index < -0.39 is 24.3 Å². The minimum Gasteiger partial charge on any atom is -0.453 e. The number of benzene rings is 3. The number of methoxy groups -OCH3 is 2. The third-order valence-electron chi connectivity index (χ3n) is 12.8. The third kappa shape index (κ3) is 8.38. The van der Waals surface area contributed by atoms with Crippen LogP contribution in [0.2, 0.25) is 5.02 Å². The lowest BCUT2D eigenvalue weighted by Gasteiger charge is -2.33. The van der Waals surface area contributed by atoms with Gasteiger partial charge in [-0.25, -0.2) is 19.6 Å². The van der Waals surface area contributed by atoms with Gasteiger partial charge in [-0.3, -0.25) is 9.59 Å². The molecule has 6 atom stereocenters. The Morgan fingerprint density at radius 2 is 1.08 bits per heavy atom. The van der Waals surface area contributed by atoms with E-state index in [1.165, 1.54) is 14.2 Å². The molecule has 328 valence electrons. The van der Waals surface area contributed by atoms with E-state index in [0.29, 0.717) is 18.1 Å². The predicted octanol–water partition coefficient (Wildman–Crippen LogP) is 8.26. The third-order valence-corrected chi connectivity index (χ3v) is 13.1. The monoisotopic (exact) mass is 865 g/mol. The number of nitrogens with zero attached hydrogens (tertiary/aromatic N) is 5. The highest BCUT2D eigenvalue weighted by Crippen LogP contribution is 2.48. The number of carbonyl (C=O) groups excluding carboxylic acids is 4. The molecule has 8 rings (SSSR count). The van der Waals surface area contributed by atoms with Crippen molar-refractivity contribution < 1.29 is 28.7 Å². The van der Waals surface area contributed by atoms with Crippen LogP contribution in [-0.2, 0) is 19.1 Å². The molecule has 5 heterocycles. The average Bonchev–Trinajstić information content (AvgIpc) is 4.12. The number of H-pyrrole nitrogens is 2. The largest absolute Gasteiger partial charge is 0.453 e. The molecule has 3 saturated heterocycles. The normalized spacial score (nSPS) is 21.3. The molecular formula is C46H56ClN9O6. The standard InChI is InChI=1S/C46H56ClN9O6/c1-25(2)39(52-45(59)61-5)43(57)54-21-7-9-37(54)41-48-31-17-11-27(23-33(31)50-41)35-19-20-36(56(35)30-15-13-29(47)14-16-30)28-12-18-32-34(24-28)51-42(49-32)38-10-8-22-55(38)44(58)40(26(3)4)53-46(60)62-6/h11-18,23-26,35-40H,7-10,19-22H2,1-6H3,(H,48,50)(H,49,51)(H,52,59)(H,53,60)/t35-,36-,37+,38+,39+,40+/m1/s1. The van der Waals surface area contributed by atoms with Crippen molar-refractivity contribution in [1.29, 1.82) is 0 Å². The van der Waals surface area contributed by atoms with Gasteiger partial charge in [-0.05, 0) is 110 Å². The number of carbonyl (C=O) groups is 4. The molecule has 0 spiro atoms. The molecule has 62 heavy (non-hydrogen) atoms. The highest BCUT2D eigenvalue weighted by Gasteiger charge is 2.40. The molecule has 0 bridgehead atoms. The topological polar surface area (TPSA) is 178 Å². The molecular weight excluding hydrogens is 810 g/mol. The average molecular weight is 866 g/mol. The summed E-state index contributed by atoms with van der Waals surface area (Å²) < 4.78 is 9.63. The van der Waals surface area contributed by atoms with Gasteiger partial charge in [0.15, 0.2) is 0 Å². The van der Waals surface area contributed by atoms with Crippen molar-refractivity contribution in [3.8, 4) is 0 Å². The minimum atomic E-state index is -0.710. The summed E-state index contributed by atoms with van der Waals surface area (Å²) in [5.74, 6) is 0.931. The molecule has 16 heteroatoms. The summed E-state index contributed by atoms with van der Waals surface area (Å²) in [6, 6.07) is 19.0. The fourth-order valence-electron chi connectivity index (χ4n) is 9.65. The summed E-state index contributed by atoms with van der Waals surface area (Å²) in [5.41, 5.74) is 6.79. The number of anilines is 1. The van der Waals surface area contributed by atoms with Crippen molar-refractivity contribution in [3.63, 3.8) is 0 Å². The number of hydrogen-bond acceptors (Lipinski definition) is 9. The second kappa shape index (κ2) is 17.9. The lowest BCUT2D eigenvalue weighted by Crippen LogP contribution is -2.51. The second-order valence-corrected chi connectivity index (χ2v) is 17.8. The molecule has 2 aromatic heterocycles. The fourth-order valence-corrected chi connectivity index (χ4v) is 9.77. The van der Waals surface area contributed by atoms with Gasteiger partial charge in [0.1, 0.15) is 23.7 Å². The number of fused-ring (bicyclic) bond motifs is 2. The molecule has 5 aromatic rings. The number of aromatic nitrogens is 4. The Kier molecular flexibility index (Phi) is 12.4. The van der Waals surface area contributed by atoms with Gasteiger partial charge in [0.25, 0.3) is 0 Å². The Balaban J connectivity index is 1.06. The molecule has 0 saturated carbocycles. The summed E-state index contributed by atoms with van der Waals surface area (Å²) in [5, 5.41) is 6.12. The Bertz CT molecular complexity index is 2300. The maximum atomic E-state index is 13.8. The van der Waals surface area contributed by atoms with Crippen molar-refractivity contribution in [2.75, 3.05) is 32.2 Å². The number of nitrogens with one attached hydrogen (secondary N) is 4. The van der Waals surface area contributed by atoms with E-state index >= 15 is 0 Å². The van der Waals surface area contributed by atoms with Crippen molar-refractivity contribution in [1.82, 2.24) is 40.4 Å². The Labute approximate surface area is 366 Å². The number of imidazole rings is 2. The number of hydrogen-bond donors (Lipinski definition) is 4. The molecule has 0 unspecified atom stereocenters. The molecule has 3 aliphatic rings. The molecule has 3 aromatic carbocycles. The summed E-state index contributed by atoms with van der Waals surface area (Å²) in [7, 11) is 2.59. The van der Waals surface area contributed by atoms with Gasteiger partial charge < -0.3 is 44.8 Å². The fraction of sp³-hybridized carbons (Fsp3) is 0.478. The first-order valence-corrected chi connectivity index (χ1v) is 22.1. The summed E-state index contributed by atoms with van der Waals surface area (Å²) in [4.78, 5) is 75.1. The van der Waals surface area contributed by atoms with Crippen LogP contribution in [0.4, 0.5) is 15.3 Å². The highest BCUT2D eigenvalue weighted by molar-refractivity contribution is 6.30. The van der Waals surface area contributed by atoms with Gasteiger partial charge >= 0.3 is 12.2 Å². The number of likely N-dealkylation sites (tertiary alicyclic amines) is 2. The molecule has 0 aliphatic carbocycles. The molecule has 15 nitrogen and oxygen atoms in total. The van der Waals surface area contributed by atoms with Gasteiger partial charge in [0.2, 0.25) is 11.8 Å². The van der Waals surface area contributed by atoms with E-state index in [0.717, 1.165) is 89.1 Å². The van der Waals surface area contributed by atoms with Gasteiger partial charge in [0, 0.05) is 23.8 Å². The van der Waals surface area contributed by atoms with Crippen LogP contribution in [0.25, 0.3) is 22.1 Å². The Morgan fingerprint density at radius 1 is 0.645 bits per heavy atom. The maximum Gasteiger partial charge on any atom is 0.407 e. The van der Waals surface area contributed by atoms with E-state index in [9.17, 15) is 19.2 Å². The van der Waals surface area contributed by atoms with Crippen molar-refractivity contribution in [2.24, 2.45) is 11.8 Å². The number of alkyl carbamates (subject to hydrolysis) is 2. The van der Waals surface area contributed by atoms with E-state index in [4.69, 9.17) is 31.0 Å². The first-order valence-electron chi connectivity index (χ1n) is 21.7. The van der Waals surface area contributed by atoms with Crippen LogP contribution in [-0.4, -0.2) is 93.1 Å². The number of amides is 4. The number of ether oxygens (including phenoxy) is 2. The molecule has 3 aliphatic heterocycles. The summed E-state index contributed by atoms with van der Waals surface area (Å²) >= 11 is 6.41. The van der Waals surface area contributed by atoms with E-state index in [-0.39, 0.29) is 47.8 Å². The van der Waals surface area contributed by atoms with E-state index in [1.54, 1.807) is 0 Å². The van der Waals surface area contributed by atoms with E-state index in [2.05, 4.69) is 74.0 Å². The van der Waals surface area contributed by atoms with Crippen LogP contribution in [0.5, 0.6) is 0 Å². The second-order valence-electron chi connectivity index (χ2n) is 17.4. The van der Waals surface area contributed by atoms with Crippen LogP contribution in [0, 0.1) is 11.8 Å². The maximum absolute atomic E-state index is 13.8. The van der Waals surface area contributed by atoms with Crippen molar-refractivity contribution >= 4 is 63.4 Å². The van der Waals surface area contributed by atoms with Gasteiger partial charge in [0.05, 0.1) is 60.5 Å². The van der Waals surface area contributed by atoms with Crippen LogP contribution < -0.4 is 15.5 Å². The number of rotatable bonds is 11. The minimum absolute atomic E-state index is 0.0386. The van der Waals surface area contributed by atoms with Crippen molar-refractivity contribution in [2.45, 2.75) is 102 Å². The van der Waals surface area contributed by atoms with Crippen LogP contribution >= 0.6 is 11.6 Å². The van der Waals surface area contributed by atoms with Gasteiger partial charge in [-0.1, -0.05) is 51.4 Å². The zero-order chi connectivity index (χ0) is 43.8. The first kappa shape index (κ1) is 42.8. The number of aromatic amines is 2. The zero-order valence-corrected chi connectivity index (χ0v) is 36.9. The van der Waals surface area contributed by atoms with Crippen LogP contribution in [0.1, 0.15) is 113 Å². The van der Waals surface area contributed by atoms with Crippen LogP contribution in [0.15, 0.2) is 60.7 Å². The van der Waals surface area contributed by atoms with Gasteiger partial charge in [-0.2, -0.15) is 0 Å². The molecule has 0 radical (unpaired) electrons. The lowest BCUT2D eigenvalue weighted by molar-refractivity contribution is -0.136. The highest BCUT2D eigenvalue weighted by atomic mass is 35.5. The zero-order valence-electron chi connectivity index (χ0n) is 36.1. The lowest BCUT2D eigenvalue weighted by atomic mass is 10.0. The van der Waals surface area contributed by atoms with Gasteiger partial charge in [-0.15, -0.1) is 0 Å². The summed E-state index contributed by atoms with van der Waals surface area (Å²) in [6.45, 7) is 8.80. The summed E-state index contributed by atoms with van der Waals surface area (Å²) in [6.07, 6.45) is 3.74. The smallest absolute Gasteiger partial charge is 0.407 e. The predicted molar refractivity (Wildman–Crippen MR) is 237 cm³/mol. The molecule has 4 N–H and O–H groups in total. The SMILES string of the molecule is COC(=O)N[C@H](C(=O)N1CCC[C@H]1c1nc2ccc([C@H]3CC[C@H](c4ccc5nc([C@@H]6CCCN6C(=O)[C@@H](NC(=O)OC)C(C)C)[nH]c5c4)N3c3ccc(Cl)cc3)cc2[nH]1)C(C)C. The Morgan fingerprint density at radius 3 is 1.48 bits per heavy atom. The first-order chi connectivity index (χ1) is 29.8.